The van der Waals surface area contributed by atoms with Crippen LogP contribution in [0.1, 0.15) is 42.9 Å². The number of aliphatic hydroxyl groups is 1. The normalized spacial score (nSPS) is 25.3. The van der Waals surface area contributed by atoms with Gasteiger partial charge in [0.25, 0.3) is 0 Å². The first-order chi connectivity index (χ1) is 16.0. The van der Waals surface area contributed by atoms with Crippen LogP contribution in [-0.4, -0.2) is 24.0 Å². The van der Waals surface area contributed by atoms with Crippen molar-refractivity contribution in [1.82, 2.24) is 0 Å². The van der Waals surface area contributed by atoms with E-state index in [2.05, 4.69) is 0 Å². The molecule has 1 fully saturated rings. The van der Waals surface area contributed by atoms with Crippen LogP contribution in [0.15, 0.2) is 66.7 Å². The van der Waals surface area contributed by atoms with Gasteiger partial charge in [-0.2, -0.15) is 0 Å². The molecule has 33 heavy (non-hydrogen) atoms. The molecule has 3 atom stereocenters. The predicted octanol–water partition coefficient (Wildman–Crippen LogP) is 5.82. The molecule has 1 saturated carbocycles. The third-order valence-corrected chi connectivity index (χ3v) is 6.88. The van der Waals surface area contributed by atoms with E-state index < -0.39 is 11.2 Å². The van der Waals surface area contributed by atoms with Crippen LogP contribution in [0.5, 0.6) is 17.2 Å². The zero-order valence-electron chi connectivity index (χ0n) is 18.6. The molecule has 3 aromatic carbocycles. The molecule has 170 valence electrons. The second-order valence-electron chi connectivity index (χ2n) is 8.36. The summed E-state index contributed by atoms with van der Waals surface area (Å²) in [5.74, 6) is 1.23. The van der Waals surface area contributed by atoms with Crippen molar-refractivity contribution < 1.29 is 19.3 Å². The van der Waals surface area contributed by atoms with Gasteiger partial charge in [-0.05, 0) is 43.5 Å². The minimum absolute atomic E-state index is 0.190. The van der Waals surface area contributed by atoms with Crippen LogP contribution in [0.4, 0.5) is 0 Å². The first-order valence-corrected chi connectivity index (χ1v) is 11.6. The van der Waals surface area contributed by atoms with E-state index in [0.29, 0.717) is 47.5 Å². The Hall–Kier alpha value is -3.02. The van der Waals surface area contributed by atoms with Crippen LogP contribution in [0, 0.1) is 5.41 Å². The fraction of sp³-hybridized carbons (Fsp3) is 0.296. The topological polar surface area (TPSA) is 71.8 Å². The summed E-state index contributed by atoms with van der Waals surface area (Å²) >= 11 is 6.20. The minimum Gasteiger partial charge on any atom is -0.494 e. The summed E-state index contributed by atoms with van der Waals surface area (Å²) in [5.41, 5.74) is -0.562. The molecule has 6 heteroatoms. The number of hydrogen-bond acceptors (Lipinski definition) is 5. The second kappa shape index (κ2) is 8.08. The van der Waals surface area contributed by atoms with E-state index in [4.69, 9.17) is 31.2 Å². The summed E-state index contributed by atoms with van der Waals surface area (Å²) in [4.78, 5) is 0. The Morgan fingerprint density at radius 2 is 1.73 bits per heavy atom. The van der Waals surface area contributed by atoms with Crippen molar-refractivity contribution in [3.63, 3.8) is 0 Å². The van der Waals surface area contributed by atoms with Crippen molar-refractivity contribution in [2.75, 3.05) is 13.2 Å². The zero-order valence-corrected chi connectivity index (χ0v) is 19.4. The van der Waals surface area contributed by atoms with Crippen molar-refractivity contribution in [2.24, 2.45) is 0 Å². The fourth-order valence-corrected chi connectivity index (χ4v) is 5.48. The maximum absolute atomic E-state index is 12.5. The highest BCUT2D eigenvalue weighted by atomic mass is 35.5. The van der Waals surface area contributed by atoms with Gasteiger partial charge >= 0.3 is 0 Å². The smallest absolute Gasteiger partial charge is 0.179 e. The monoisotopic (exact) mass is 463 g/mol. The first-order valence-electron chi connectivity index (χ1n) is 11.2. The van der Waals surface area contributed by atoms with Gasteiger partial charge in [0, 0.05) is 23.1 Å². The Morgan fingerprint density at radius 3 is 2.39 bits per heavy atom. The van der Waals surface area contributed by atoms with Crippen molar-refractivity contribution in [2.45, 2.75) is 37.4 Å². The van der Waals surface area contributed by atoms with Crippen molar-refractivity contribution in [1.29, 1.82) is 5.41 Å². The standard InChI is InChI=1S/C27H26ClNO4/c1-3-31-20-14-22(32-4-2)25-23(15-20)33-27(18-10-12-19(28)13-11-18)21(16-24(29)26(25,27)30)17-8-6-5-7-9-17/h5-15,21,29-30H,3-4,16H2,1-2H3/t21-,26+,27-/m0/s1. The molecule has 1 heterocycles. The Labute approximate surface area is 198 Å². The van der Waals surface area contributed by atoms with Crippen LogP contribution >= 0.6 is 11.6 Å². The summed E-state index contributed by atoms with van der Waals surface area (Å²) in [5, 5.41) is 22.1. The van der Waals surface area contributed by atoms with Gasteiger partial charge in [0.1, 0.15) is 17.2 Å². The molecule has 3 aromatic rings. The van der Waals surface area contributed by atoms with E-state index in [0.717, 1.165) is 11.1 Å². The van der Waals surface area contributed by atoms with Gasteiger partial charge in [0.15, 0.2) is 11.2 Å². The van der Waals surface area contributed by atoms with Gasteiger partial charge in [-0.15, -0.1) is 0 Å². The van der Waals surface area contributed by atoms with Gasteiger partial charge in [-0.1, -0.05) is 54.1 Å². The summed E-state index contributed by atoms with van der Waals surface area (Å²) in [6, 6.07) is 20.8. The molecule has 2 N–H and O–H groups in total. The molecule has 0 amide bonds. The average Bonchev–Trinajstić information content (AvgIpc) is 3.21. The SMILES string of the molecule is CCOc1cc(OCC)c2c(c1)O[C@@]1(c3ccc(Cl)cc3)[C@H](c3ccccc3)CC(=N)[C@@]21O. The third-order valence-electron chi connectivity index (χ3n) is 6.63. The number of halogens is 1. The maximum atomic E-state index is 12.5. The maximum Gasteiger partial charge on any atom is 0.179 e. The molecule has 0 saturated heterocycles. The Balaban J connectivity index is 1.80. The Bertz CT molecular complexity index is 1200. The molecule has 0 spiro atoms. The van der Waals surface area contributed by atoms with E-state index in [1.165, 1.54) is 0 Å². The molecule has 5 nitrogen and oxygen atoms in total. The lowest BCUT2D eigenvalue weighted by Crippen LogP contribution is -2.50. The Kier molecular flexibility index (Phi) is 5.34. The number of fused-ring (bicyclic) bond motifs is 3. The van der Waals surface area contributed by atoms with Gasteiger partial charge in [0.05, 0.1) is 24.5 Å². The number of ether oxygens (including phenoxy) is 3. The molecule has 1 aliphatic carbocycles. The van der Waals surface area contributed by atoms with Gasteiger partial charge in [-0.3, -0.25) is 0 Å². The summed E-state index contributed by atoms with van der Waals surface area (Å²) in [6.07, 6.45) is 0.349. The van der Waals surface area contributed by atoms with Crippen LogP contribution in [0.2, 0.25) is 5.02 Å². The van der Waals surface area contributed by atoms with E-state index in [1.54, 1.807) is 24.3 Å². The predicted molar refractivity (Wildman–Crippen MR) is 128 cm³/mol. The van der Waals surface area contributed by atoms with Gasteiger partial charge in [-0.25, -0.2) is 0 Å². The minimum atomic E-state index is -1.72. The molecule has 5 rings (SSSR count). The van der Waals surface area contributed by atoms with Crippen molar-refractivity contribution in [3.8, 4) is 17.2 Å². The average molecular weight is 464 g/mol. The summed E-state index contributed by atoms with van der Waals surface area (Å²) in [7, 11) is 0. The lowest BCUT2D eigenvalue weighted by molar-refractivity contribution is -0.0749. The lowest BCUT2D eigenvalue weighted by atomic mass is 9.71. The molecule has 1 aliphatic heterocycles. The third kappa shape index (κ3) is 3.06. The number of nitrogens with one attached hydrogen (secondary N) is 1. The van der Waals surface area contributed by atoms with Crippen molar-refractivity contribution in [3.05, 3.63) is 88.4 Å². The van der Waals surface area contributed by atoms with Crippen LogP contribution < -0.4 is 14.2 Å². The first kappa shape index (κ1) is 21.8. The van der Waals surface area contributed by atoms with Gasteiger partial charge < -0.3 is 24.7 Å². The van der Waals surface area contributed by atoms with Crippen LogP contribution in [0.25, 0.3) is 0 Å². The molecular formula is C27H26ClNO4. The summed E-state index contributed by atoms with van der Waals surface area (Å²) in [6.45, 7) is 4.69. The molecule has 2 aliphatic rings. The lowest BCUT2D eigenvalue weighted by Gasteiger charge is -2.39. The largest absolute Gasteiger partial charge is 0.494 e. The Morgan fingerprint density at radius 1 is 1.03 bits per heavy atom. The highest BCUT2D eigenvalue weighted by Gasteiger charge is 2.72. The van der Waals surface area contributed by atoms with E-state index >= 15 is 0 Å². The van der Waals surface area contributed by atoms with E-state index in [-0.39, 0.29) is 11.6 Å². The van der Waals surface area contributed by atoms with E-state index in [1.807, 2.05) is 56.3 Å². The molecule has 0 radical (unpaired) electrons. The zero-order chi connectivity index (χ0) is 23.2. The van der Waals surface area contributed by atoms with Crippen LogP contribution in [-0.2, 0) is 11.2 Å². The van der Waals surface area contributed by atoms with Gasteiger partial charge in [0.2, 0.25) is 0 Å². The molecule has 0 bridgehead atoms. The highest BCUT2D eigenvalue weighted by Crippen LogP contribution is 2.67. The summed E-state index contributed by atoms with van der Waals surface area (Å²) < 4.78 is 18.5. The fourth-order valence-electron chi connectivity index (χ4n) is 5.35. The van der Waals surface area contributed by atoms with E-state index in [9.17, 15) is 5.11 Å². The molecular weight excluding hydrogens is 438 g/mol. The molecule has 0 unspecified atom stereocenters. The van der Waals surface area contributed by atoms with Crippen LogP contribution in [0.3, 0.4) is 0 Å². The number of hydrogen-bond donors (Lipinski definition) is 2. The van der Waals surface area contributed by atoms with Crippen molar-refractivity contribution >= 4 is 17.3 Å². The number of benzene rings is 3. The quantitative estimate of drug-likeness (QED) is 0.483. The number of rotatable bonds is 6. The highest BCUT2D eigenvalue weighted by molar-refractivity contribution is 6.30. The second-order valence-corrected chi connectivity index (χ2v) is 8.80. The molecule has 0 aromatic heterocycles.